The molecule has 114 valence electrons. The number of aromatic nitrogens is 3. The van der Waals surface area contributed by atoms with Crippen molar-refractivity contribution in [3.05, 3.63) is 53.3 Å². The van der Waals surface area contributed by atoms with Gasteiger partial charge in [-0.3, -0.25) is 4.79 Å². The van der Waals surface area contributed by atoms with Gasteiger partial charge in [0.2, 0.25) is 0 Å². The van der Waals surface area contributed by atoms with Crippen molar-refractivity contribution in [3.63, 3.8) is 0 Å². The van der Waals surface area contributed by atoms with Crippen LogP contribution < -0.4 is 0 Å². The lowest BCUT2D eigenvalue weighted by atomic mass is 10.1. The first-order chi connectivity index (χ1) is 10.7. The summed E-state index contributed by atoms with van der Waals surface area (Å²) in [4.78, 5) is 12.2. The predicted octanol–water partition coefficient (Wildman–Crippen LogP) is 3.97. The SMILES string of the molecule is C=CCn1c(SCC(=O)c2ccc(Cl)cc2)nnc1C1CC1. The molecule has 1 aromatic heterocycles. The van der Waals surface area contributed by atoms with Gasteiger partial charge in [0.1, 0.15) is 5.82 Å². The number of halogens is 1. The van der Waals surface area contributed by atoms with E-state index in [4.69, 9.17) is 11.6 Å². The highest BCUT2D eigenvalue weighted by Crippen LogP contribution is 2.40. The lowest BCUT2D eigenvalue weighted by Crippen LogP contribution is -2.06. The van der Waals surface area contributed by atoms with Gasteiger partial charge in [-0.05, 0) is 37.1 Å². The number of Topliss-reactive ketones (excluding diaryl/α,β-unsaturated/α-hetero) is 1. The number of allylic oxidation sites excluding steroid dienone is 1. The summed E-state index contributed by atoms with van der Waals surface area (Å²) in [7, 11) is 0. The summed E-state index contributed by atoms with van der Waals surface area (Å²) in [5, 5.41) is 9.92. The maximum atomic E-state index is 12.2. The number of nitrogens with zero attached hydrogens (tertiary/aromatic N) is 3. The zero-order valence-corrected chi connectivity index (χ0v) is 13.6. The first kappa shape index (κ1) is 15.3. The molecule has 0 aliphatic heterocycles. The van der Waals surface area contributed by atoms with E-state index in [1.807, 2.05) is 6.08 Å². The fraction of sp³-hybridized carbons (Fsp3) is 0.312. The minimum Gasteiger partial charge on any atom is -0.302 e. The molecule has 3 rings (SSSR count). The van der Waals surface area contributed by atoms with Crippen LogP contribution in [0.2, 0.25) is 5.02 Å². The Hall–Kier alpha value is -1.59. The number of hydrogen-bond donors (Lipinski definition) is 0. The van der Waals surface area contributed by atoms with Gasteiger partial charge in [0.15, 0.2) is 10.9 Å². The second-order valence-electron chi connectivity index (χ2n) is 5.23. The Labute approximate surface area is 138 Å². The van der Waals surface area contributed by atoms with Crippen molar-refractivity contribution < 1.29 is 4.79 Å². The molecule has 1 aromatic carbocycles. The van der Waals surface area contributed by atoms with Crippen LogP contribution in [-0.2, 0) is 6.54 Å². The highest BCUT2D eigenvalue weighted by atomic mass is 35.5. The molecule has 1 heterocycles. The second kappa shape index (κ2) is 6.67. The molecule has 1 aliphatic carbocycles. The average molecular weight is 334 g/mol. The number of ketones is 1. The van der Waals surface area contributed by atoms with E-state index in [1.165, 1.54) is 24.6 Å². The summed E-state index contributed by atoms with van der Waals surface area (Å²) in [6.45, 7) is 4.46. The number of carbonyl (C=O) groups excluding carboxylic acids is 1. The zero-order chi connectivity index (χ0) is 15.5. The summed E-state index contributed by atoms with van der Waals surface area (Å²) < 4.78 is 2.06. The number of thioether (sulfide) groups is 1. The minimum atomic E-state index is 0.0581. The minimum absolute atomic E-state index is 0.0581. The number of hydrogen-bond acceptors (Lipinski definition) is 4. The molecule has 1 aliphatic rings. The quantitative estimate of drug-likeness (QED) is 0.437. The van der Waals surface area contributed by atoms with Gasteiger partial charge in [0.25, 0.3) is 0 Å². The van der Waals surface area contributed by atoms with E-state index in [1.54, 1.807) is 24.3 Å². The smallest absolute Gasteiger partial charge is 0.191 e. The number of rotatable bonds is 7. The molecule has 22 heavy (non-hydrogen) atoms. The fourth-order valence-corrected chi connectivity index (χ4v) is 3.18. The molecule has 1 fully saturated rings. The standard InChI is InChI=1S/C16H16ClN3OS/c1-2-9-20-15(12-3-4-12)18-19-16(20)22-10-14(21)11-5-7-13(17)8-6-11/h2,5-8,12H,1,3-4,9-10H2. The Balaban J connectivity index is 1.69. The monoisotopic (exact) mass is 333 g/mol. The van der Waals surface area contributed by atoms with Crippen LogP contribution in [-0.4, -0.2) is 26.3 Å². The van der Waals surface area contributed by atoms with Crippen LogP contribution in [0.3, 0.4) is 0 Å². The van der Waals surface area contributed by atoms with Gasteiger partial charge in [0, 0.05) is 23.0 Å². The summed E-state index contributed by atoms with van der Waals surface area (Å²) >= 11 is 7.25. The molecule has 0 unspecified atom stereocenters. The van der Waals surface area contributed by atoms with Crippen molar-refractivity contribution in [2.24, 2.45) is 0 Å². The lowest BCUT2D eigenvalue weighted by molar-refractivity contribution is 0.102. The third-order valence-corrected chi connectivity index (χ3v) is 4.72. The Morgan fingerprint density at radius 3 is 2.73 bits per heavy atom. The molecular weight excluding hydrogens is 318 g/mol. The summed E-state index contributed by atoms with van der Waals surface area (Å²) in [5.74, 6) is 1.93. The Bertz CT molecular complexity index is 692. The van der Waals surface area contributed by atoms with E-state index in [-0.39, 0.29) is 5.78 Å². The van der Waals surface area contributed by atoms with E-state index < -0.39 is 0 Å². The normalized spacial score (nSPS) is 14.0. The Kier molecular flexibility index (Phi) is 4.64. The molecular formula is C16H16ClN3OS. The third-order valence-electron chi connectivity index (χ3n) is 3.50. The maximum absolute atomic E-state index is 12.2. The number of carbonyl (C=O) groups is 1. The van der Waals surface area contributed by atoms with Crippen LogP contribution in [0, 0.1) is 0 Å². The Morgan fingerprint density at radius 2 is 2.09 bits per heavy atom. The zero-order valence-electron chi connectivity index (χ0n) is 12.0. The maximum Gasteiger partial charge on any atom is 0.191 e. The first-order valence-corrected chi connectivity index (χ1v) is 8.51. The van der Waals surface area contributed by atoms with Crippen LogP contribution >= 0.6 is 23.4 Å². The van der Waals surface area contributed by atoms with Crippen molar-refractivity contribution in [1.82, 2.24) is 14.8 Å². The van der Waals surface area contributed by atoms with Crippen molar-refractivity contribution in [2.45, 2.75) is 30.5 Å². The highest BCUT2D eigenvalue weighted by Gasteiger charge is 2.30. The van der Waals surface area contributed by atoms with Gasteiger partial charge in [0.05, 0.1) is 5.75 Å². The van der Waals surface area contributed by atoms with Gasteiger partial charge >= 0.3 is 0 Å². The lowest BCUT2D eigenvalue weighted by Gasteiger charge is -2.06. The molecule has 6 heteroatoms. The van der Waals surface area contributed by atoms with Crippen LogP contribution in [0.5, 0.6) is 0 Å². The molecule has 0 saturated heterocycles. The van der Waals surface area contributed by atoms with E-state index >= 15 is 0 Å². The molecule has 1 saturated carbocycles. The Morgan fingerprint density at radius 1 is 1.36 bits per heavy atom. The molecule has 0 amide bonds. The van der Waals surface area contributed by atoms with Crippen LogP contribution in [0.15, 0.2) is 42.1 Å². The molecule has 0 bridgehead atoms. The van der Waals surface area contributed by atoms with Crippen LogP contribution in [0.1, 0.15) is 34.9 Å². The van der Waals surface area contributed by atoms with Crippen molar-refractivity contribution in [3.8, 4) is 0 Å². The number of benzene rings is 1. The fourth-order valence-electron chi connectivity index (χ4n) is 2.20. The summed E-state index contributed by atoms with van der Waals surface area (Å²) in [6, 6.07) is 6.94. The first-order valence-electron chi connectivity index (χ1n) is 7.14. The van der Waals surface area contributed by atoms with Gasteiger partial charge in [-0.2, -0.15) is 0 Å². The predicted molar refractivity (Wildman–Crippen MR) is 88.7 cm³/mol. The van der Waals surface area contributed by atoms with E-state index in [2.05, 4.69) is 21.3 Å². The van der Waals surface area contributed by atoms with Crippen LogP contribution in [0.4, 0.5) is 0 Å². The summed E-state index contributed by atoms with van der Waals surface area (Å²) in [5.41, 5.74) is 0.661. The third kappa shape index (κ3) is 3.42. The topological polar surface area (TPSA) is 47.8 Å². The molecule has 0 radical (unpaired) electrons. The second-order valence-corrected chi connectivity index (χ2v) is 6.61. The van der Waals surface area contributed by atoms with Gasteiger partial charge in [-0.1, -0.05) is 29.4 Å². The van der Waals surface area contributed by atoms with Gasteiger partial charge in [-0.25, -0.2) is 0 Å². The molecule has 0 atom stereocenters. The molecule has 4 nitrogen and oxygen atoms in total. The average Bonchev–Trinajstić information content (AvgIpc) is 3.29. The van der Waals surface area contributed by atoms with Crippen molar-refractivity contribution in [2.75, 3.05) is 5.75 Å². The van der Waals surface area contributed by atoms with E-state index in [0.29, 0.717) is 28.8 Å². The summed E-state index contributed by atoms with van der Waals surface area (Å²) in [6.07, 6.45) is 4.17. The van der Waals surface area contributed by atoms with E-state index in [0.717, 1.165) is 11.0 Å². The molecule has 0 N–H and O–H groups in total. The van der Waals surface area contributed by atoms with Crippen LogP contribution in [0.25, 0.3) is 0 Å². The highest BCUT2D eigenvalue weighted by molar-refractivity contribution is 7.99. The van der Waals surface area contributed by atoms with Crippen molar-refractivity contribution in [1.29, 1.82) is 0 Å². The van der Waals surface area contributed by atoms with Gasteiger partial charge in [-0.15, -0.1) is 16.8 Å². The van der Waals surface area contributed by atoms with Crippen molar-refractivity contribution >= 4 is 29.1 Å². The molecule has 2 aromatic rings. The molecule has 0 spiro atoms. The van der Waals surface area contributed by atoms with E-state index in [9.17, 15) is 4.79 Å². The van der Waals surface area contributed by atoms with Gasteiger partial charge < -0.3 is 4.57 Å². The largest absolute Gasteiger partial charge is 0.302 e.